The lowest BCUT2D eigenvalue weighted by Crippen LogP contribution is -2.44. The number of carbonyl (C=O) groups is 3. The van der Waals surface area contributed by atoms with Crippen molar-refractivity contribution in [2.24, 2.45) is 0 Å². The summed E-state index contributed by atoms with van der Waals surface area (Å²) in [4.78, 5) is 35.6. The van der Waals surface area contributed by atoms with E-state index in [4.69, 9.17) is 9.47 Å². The van der Waals surface area contributed by atoms with Gasteiger partial charge in [0.2, 0.25) is 0 Å². The van der Waals surface area contributed by atoms with Crippen LogP contribution in [0.5, 0.6) is 0 Å². The van der Waals surface area contributed by atoms with Crippen LogP contribution in [-0.4, -0.2) is 37.6 Å². The first-order chi connectivity index (χ1) is 12.6. The summed E-state index contributed by atoms with van der Waals surface area (Å²) in [5, 5.41) is 6.45. The van der Waals surface area contributed by atoms with Crippen molar-refractivity contribution < 1.29 is 23.9 Å². The topological polar surface area (TPSA) is 81.7 Å². The first-order valence-electron chi connectivity index (χ1n) is 8.16. The molecule has 6 nitrogen and oxygen atoms in total. The third-order valence-corrected chi connectivity index (χ3v) is 4.40. The first kappa shape index (κ1) is 19.7. The molecule has 0 aliphatic heterocycles. The zero-order valence-corrected chi connectivity index (χ0v) is 15.3. The number of aryl methyl sites for hydroxylation is 1. The van der Waals surface area contributed by atoms with Crippen LogP contribution >= 0.6 is 11.3 Å². The Morgan fingerprint density at radius 3 is 2.54 bits per heavy atom. The van der Waals surface area contributed by atoms with Crippen LogP contribution in [0.3, 0.4) is 0 Å². The zero-order valence-electron chi connectivity index (χ0n) is 14.5. The normalized spacial score (nSPS) is 11.4. The summed E-state index contributed by atoms with van der Waals surface area (Å²) in [6.45, 7) is -0.426. The minimum absolute atomic E-state index is 0.203. The van der Waals surface area contributed by atoms with Gasteiger partial charge in [-0.15, -0.1) is 0 Å². The Kier molecular flexibility index (Phi) is 7.82. The molecule has 0 bridgehead atoms. The molecule has 0 aliphatic carbocycles. The Hall–Kier alpha value is -2.67. The summed E-state index contributed by atoms with van der Waals surface area (Å²) in [7, 11) is 1.26. The van der Waals surface area contributed by atoms with E-state index in [1.165, 1.54) is 7.11 Å². The van der Waals surface area contributed by atoms with Crippen molar-refractivity contribution in [2.45, 2.75) is 25.3 Å². The molecule has 138 valence electrons. The molecule has 0 fully saturated rings. The number of ether oxygens (including phenoxy) is 2. The van der Waals surface area contributed by atoms with Gasteiger partial charge in [0, 0.05) is 12.8 Å². The number of methoxy groups -OCH3 is 1. The fourth-order valence-corrected chi connectivity index (χ4v) is 3.02. The molecule has 1 N–H and O–H groups in total. The fourth-order valence-electron chi connectivity index (χ4n) is 2.32. The smallest absolute Gasteiger partial charge is 0.328 e. The molecule has 2 aromatic rings. The summed E-state index contributed by atoms with van der Waals surface area (Å²) >= 11 is 1.56. The molecule has 1 aromatic heterocycles. The summed E-state index contributed by atoms with van der Waals surface area (Å²) < 4.78 is 9.70. The fraction of sp³-hybridized carbons (Fsp3) is 0.316. The first-order valence-corrected chi connectivity index (χ1v) is 9.10. The summed E-state index contributed by atoms with van der Waals surface area (Å²) in [5.41, 5.74) is 1.95. The molecule has 1 atom stereocenters. The van der Waals surface area contributed by atoms with E-state index in [-0.39, 0.29) is 6.42 Å². The molecule has 7 heteroatoms. The van der Waals surface area contributed by atoms with Gasteiger partial charge in [-0.2, -0.15) is 11.3 Å². The van der Waals surface area contributed by atoms with Gasteiger partial charge in [-0.1, -0.05) is 30.3 Å². The number of benzene rings is 1. The minimum Gasteiger partial charge on any atom is -0.467 e. The monoisotopic (exact) mass is 375 g/mol. The molecule has 0 saturated heterocycles. The van der Waals surface area contributed by atoms with Gasteiger partial charge in [0.05, 0.1) is 7.11 Å². The second-order valence-electron chi connectivity index (χ2n) is 5.63. The second-order valence-corrected chi connectivity index (χ2v) is 6.41. The van der Waals surface area contributed by atoms with Crippen molar-refractivity contribution in [1.29, 1.82) is 0 Å². The highest BCUT2D eigenvalue weighted by Crippen LogP contribution is 2.09. The van der Waals surface area contributed by atoms with Gasteiger partial charge in [0.25, 0.3) is 5.91 Å². The predicted molar refractivity (Wildman–Crippen MR) is 97.7 cm³/mol. The SMILES string of the molecule is COC(=O)C(Cc1ccccc1)NC(=O)COC(=O)CCc1ccsc1. The lowest BCUT2D eigenvalue weighted by Gasteiger charge is -2.16. The number of hydrogen-bond acceptors (Lipinski definition) is 6. The lowest BCUT2D eigenvalue weighted by atomic mass is 10.1. The summed E-state index contributed by atoms with van der Waals surface area (Å²) in [6.07, 6.45) is 1.07. The quantitative estimate of drug-likeness (QED) is 0.679. The Labute approximate surface area is 156 Å². The predicted octanol–water partition coefficient (Wildman–Crippen LogP) is 2.12. The standard InChI is InChI=1S/C19H21NO5S/c1-24-19(23)16(11-14-5-3-2-4-6-14)20-17(21)12-25-18(22)8-7-15-9-10-26-13-15/h2-6,9-10,13,16H,7-8,11-12H2,1H3,(H,20,21). The maximum atomic E-state index is 12.0. The maximum Gasteiger partial charge on any atom is 0.328 e. The average Bonchev–Trinajstić information content (AvgIpc) is 3.18. The number of esters is 2. The van der Waals surface area contributed by atoms with E-state index in [0.717, 1.165) is 11.1 Å². The highest BCUT2D eigenvalue weighted by molar-refractivity contribution is 7.07. The molecule has 1 unspecified atom stereocenters. The molecular weight excluding hydrogens is 354 g/mol. The van der Waals surface area contributed by atoms with Crippen molar-refractivity contribution in [3.8, 4) is 0 Å². The van der Waals surface area contributed by atoms with E-state index in [1.54, 1.807) is 11.3 Å². The average molecular weight is 375 g/mol. The minimum atomic E-state index is -0.834. The molecule has 0 saturated carbocycles. The van der Waals surface area contributed by atoms with Gasteiger partial charge in [0.1, 0.15) is 6.04 Å². The number of amides is 1. The lowest BCUT2D eigenvalue weighted by molar-refractivity contribution is -0.150. The molecule has 0 spiro atoms. The third kappa shape index (κ3) is 6.68. The number of nitrogens with one attached hydrogen (secondary N) is 1. The van der Waals surface area contributed by atoms with Gasteiger partial charge in [-0.3, -0.25) is 9.59 Å². The molecule has 26 heavy (non-hydrogen) atoms. The molecule has 1 aromatic carbocycles. The Morgan fingerprint density at radius 1 is 1.12 bits per heavy atom. The van der Waals surface area contributed by atoms with Crippen LogP contribution in [0.15, 0.2) is 47.2 Å². The molecule has 1 amide bonds. The maximum absolute atomic E-state index is 12.0. The van der Waals surface area contributed by atoms with Gasteiger partial charge < -0.3 is 14.8 Å². The van der Waals surface area contributed by atoms with E-state index in [2.05, 4.69) is 5.32 Å². The van der Waals surface area contributed by atoms with Crippen LogP contribution < -0.4 is 5.32 Å². The molecule has 0 radical (unpaired) electrons. The highest BCUT2D eigenvalue weighted by atomic mass is 32.1. The highest BCUT2D eigenvalue weighted by Gasteiger charge is 2.22. The largest absolute Gasteiger partial charge is 0.467 e. The van der Waals surface area contributed by atoms with Crippen LogP contribution in [0, 0.1) is 0 Å². The molecule has 2 rings (SSSR count). The summed E-state index contributed by atoms with van der Waals surface area (Å²) in [5.74, 6) is -1.55. The number of hydrogen-bond donors (Lipinski definition) is 1. The molecule has 0 aliphatic rings. The Bertz CT molecular complexity index is 715. The van der Waals surface area contributed by atoms with Crippen LogP contribution in [0.4, 0.5) is 0 Å². The van der Waals surface area contributed by atoms with E-state index in [1.807, 2.05) is 47.2 Å². The zero-order chi connectivity index (χ0) is 18.8. The van der Waals surface area contributed by atoms with Gasteiger partial charge >= 0.3 is 11.9 Å². The molecular formula is C19H21NO5S. The number of thiophene rings is 1. The molecule has 1 heterocycles. The second kappa shape index (κ2) is 10.4. The van der Waals surface area contributed by atoms with Gasteiger partial charge in [-0.05, 0) is 34.4 Å². The number of rotatable bonds is 9. The van der Waals surface area contributed by atoms with E-state index in [0.29, 0.717) is 12.8 Å². The van der Waals surface area contributed by atoms with E-state index in [9.17, 15) is 14.4 Å². The van der Waals surface area contributed by atoms with Crippen molar-refractivity contribution in [3.63, 3.8) is 0 Å². The number of carbonyl (C=O) groups excluding carboxylic acids is 3. The van der Waals surface area contributed by atoms with Crippen LogP contribution in [0.25, 0.3) is 0 Å². The van der Waals surface area contributed by atoms with Crippen molar-refractivity contribution in [2.75, 3.05) is 13.7 Å². The van der Waals surface area contributed by atoms with E-state index >= 15 is 0 Å². The third-order valence-electron chi connectivity index (χ3n) is 3.67. The van der Waals surface area contributed by atoms with Crippen LogP contribution in [-0.2, 0) is 36.7 Å². The van der Waals surface area contributed by atoms with Crippen molar-refractivity contribution in [1.82, 2.24) is 5.32 Å². The van der Waals surface area contributed by atoms with Crippen molar-refractivity contribution >= 4 is 29.2 Å². The van der Waals surface area contributed by atoms with Crippen LogP contribution in [0.1, 0.15) is 17.5 Å². The van der Waals surface area contributed by atoms with Gasteiger partial charge in [-0.25, -0.2) is 4.79 Å². The van der Waals surface area contributed by atoms with Crippen LogP contribution in [0.2, 0.25) is 0 Å². The Balaban J connectivity index is 1.78. The van der Waals surface area contributed by atoms with Crippen molar-refractivity contribution in [3.05, 3.63) is 58.3 Å². The van der Waals surface area contributed by atoms with E-state index < -0.39 is 30.5 Å². The van der Waals surface area contributed by atoms with Gasteiger partial charge in [0.15, 0.2) is 6.61 Å². The Morgan fingerprint density at radius 2 is 1.88 bits per heavy atom. The summed E-state index contributed by atoms with van der Waals surface area (Å²) in [6, 6.07) is 10.4.